The Bertz CT molecular complexity index is 1180. The van der Waals surface area contributed by atoms with Gasteiger partial charge in [-0.05, 0) is 55.0 Å². The molecule has 1 aliphatic heterocycles. The summed E-state index contributed by atoms with van der Waals surface area (Å²) in [6.45, 7) is 1.93. The Balaban J connectivity index is 1.87. The Kier molecular flexibility index (Phi) is 3.62. The second-order valence-corrected chi connectivity index (χ2v) is 7.48. The molecule has 27 heavy (non-hydrogen) atoms. The fourth-order valence-corrected chi connectivity index (χ4v) is 4.68. The number of halogens is 1. The van der Waals surface area contributed by atoms with Gasteiger partial charge in [0.05, 0.1) is 11.8 Å². The molecular weight excluding hydrogens is 366 g/mol. The highest BCUT2D eigenvalue weighted by atomic mass is 35.5. The molecule has 0 saturated heterocycles. The van der Waals surface area contributed by atoms with Crippen molar-refractivity contribution in [2.75, 3.05) is 0 Å². The average molecular weight is 382 g/mol. The van der Waals surface area contributed by atoms with E-state index in [1.807, 2.05) is 25.1 Å². The van der Waals surface area contributed by atoms with Crippen molar-refractivity contribution in [3.63, 3.8) is 0 Å². The van der Waals surface area contributed by atoms with Gasteiger partial charge in [-0.2, -0.15) is 0 Å². The summed E-state index contributed by atoms with van der Waals surface area (Å²) in [6.07, 6.45) is 4.20. The van der Waals surface area contributed by atoms with Gasteiger partial charge in [-0.25, -0.2) is 9.78 Å². The van der Waals surface area contributed by atoms with Crippen molar-refractivity contribution >= 4 is 28.5 Å². The summed E-state index contributed by atoms with van der Waals surface area (Å²) in [4.78, 5) is 28.9. The van der Waals surface area contributed by atoms with E-state index >= 15 is 0 Å². The minimum Gasteiger partial charge on any atom is -0.425 e. The Hall–Kier alpha value is -2.66. The molecular formula is C21H16ClNO4. The summed E-state index contributed by atoms with van der Waals surface area (Å²) in [5, 5.41) is 1.13. The smallest absolute Gasteiger partial charge is 0.339 e. The van der Waals surface area contributed by atoms with Gasteiger partial charge < -0.3 is 9.15 Å². The standard InChI is InChI=1S/C21H16ClNO4/c1-10-8-15-18(11-4-2-5-13(11)21(25)26-15)19-17(10)14(9-16(24)27-19)12-6-3-7-23-20(12)22/h3,6-8,14H,2,4-5,9H2,1H3/t14-/m0/s1. The first kappa shape index (κ1) is 16.5. The Morgan fingerprint density at radius 2 is 2.04 bits per heavy atom. The normalized spacial score (nSPS) is 18.3. The van der Waals surface area contributed by atoms with Gasteiger partial charge >= 0.3 is 11.6 Å². The van der Waals surface area contributed by atoms with Crippen molar-refractivity contribution in [2.45, 2.75) is 38.5 Å². The Morgan fingerprint density at radius 3 is 2.85 bits per heavy atom. The quantitative estimate of drug-likeness (QED) is 0.275. The fraction of sp³-hybridized carbons (Fsp3) is 0.286. The van der Waals surface area contributed by atoms with Crippen molar-refractivity contribution in [3.05, 3.63) is 67.8 Å². The van der Waals surface area contributed by atoms with Crippen LogP contribution in [0, 0.1) is 6.92 Å². The molecule has 0 bridgehead atoms. The van der Waals surface area contributed by atoms with Gasteiger partial charge in [0.2, 0.25) is 0 Å². The molecule has 2 aromatic heterocycles. The summed E-state index contributed by atoms with van der Waals surface area (Å²) in [7, 11) is 0. The number of aryl methyl sites for hydroxylation is 2. The zero-order valence-corrected chi connectivity index (χ0v) is 15.4. The number of rotatable bonds is 1. The number of hydrogen-bond acceptors (Lipinski definition) is 5. The molecule has 0 fully saturated rings. The van der Waals surface area contributed by atoms with Crippen LogP contribution in [0.25, 0.3) is 11.0 Å². The van der Waals surface area contributed by atoms with E-state index in [1.165, 1.54) is 0 Å². The summed E-state index contributed by atoms with van der Waals surface area (Å²) >= 11 is 6.33. The molecule has 5 nitrogen and oxygen atoms in total. The molecule has 2 aliphatic rings. The maximum atomic E-state index is 12.5. The summed E-state index contributed by atoms with van der Waals surface area (Å²) in [6, 6.07) is 5.57. The van der Waals surface area contributed by atoms with Gasteiger partial charge in [0.1, 0.15) is 16.5 Å². The maximum absolute atomic E-state index is 12.5. The van der Waals surface area contributed by atoms with Gasteiger partial charge in [0.15, 0.2) is 0 Å². The third kappa shape index (κ3) is 2.42. The zero-order valence-electron chi connectivity index (χ0n) is 14.7. The van der Waals surface area contributed by atoms with Gasteiger partial charge in [-0.3, -0.25) is 4.79 Å². The molecule has 6 heteroatoms. The van der Waals surface area contributed by atoms with E-state index in [1.54, 1.807) is 6.20 Å². The predicted molar refractivity (Wildman–Crippen MR) is 101 cm³/mol. The number of hydrogen-bond donors (Lipinski definition) is 0. The van der Waals surface area contributed by atoms with Crippen LogP contribution < -0.4 is 10.4 Å². The van der Waals surface area contributed by atoms with Crippen LogP contribution in [0.3, 0.4) is 0 Å². The molecule has 0 unspecified atom stereocenters. The third-order valence-corrected chi connectivity index (χ3v) is 5.87. The number of carbonyl (C=O) groups is 1. The monoisotopic (exact) mass is 381 g/mol. The molecule has 5 rings (SSSR count). The van der Waals surface area contributed by atoms with Crippen LogP contribution in [0.15, 0.2) is 33.6 Å². The van der Waals surface area contributed by atoms with Crippen molar-refractivity contribution in [2.24, 2.45) is 0 Å². The predicted octanol–water partition coefficient (Wildman–Crippen LogP) is 4.08. The van der Waals surface area contributed by atoms with E-state index in [9.17, 15) is 9.59 Å². The van der Waals surface area contributed by atoms with Gasteiger partial charge in [-0.15, -0.1) is 0 Å². The van der Waals surface area contributed by atoms with Crippen LogP contribution in [-0.4, -0.2) is 11.0 Å². The fourth-order valence-electron chi connectivity index (χ4n) is 4.43. The second kappa shape index (κ2) is 5.92. The highest BCUT2D eigenvalue weighted by molar-refractivity contribution is 6.30. The molecule has 0 amide bonds. The molecule has 0 radical (unpaired) electrons. The van der Waals surface area contributed by atoms with Crippen LogP contribution >= 0.6 is 11.6 Å². The van der Waals surface area contributed by atoms with Crippen LogP contribution in [0.2, 0.25) is 5.15 Å². The first-order valence-electron chi connectivity index (χ1n) is 8.97. The van der Waals surface area contributed by atoms with Gasteiger partial charge in [-0.1, -0.05) is 17.7 Å². The average Bonchev–Trinajstić information content (AvgIpc) is 3.11. The van der Waals surface area contributed by atoms with Crippen molar-refractivity contribution in [1.29, 1.82) is 0 Å². The SMILES string of the molecule is Cc1cc2oc(=O)c3c(c2c2c1[C@H](c1cccnc1Cl)CC(=O)O2)CCC3. The van der Waals surface area contributed by atoms with E-state index in [0.29, 0.717) is 28.5 Å². The van der Waals surface area contributed by atoms with E-state index < -0.39 is 0 Å². The largest absolute Gasteiger partial charge is 0.425 e. The van der Waals surface area contributed by atoms with Crippen LogP contribution in [0.4, 0.5) is 0 Å². The maximum Gasteiger partial charge on any atom is 0.339 e. The number of nitrogens with zero attached hydrogens (tertiary/aromatic N) is 1. The second-order valence-electron chi connectivity index (χ2n) is 7.12. The van der Waals surface area contributed by atoms with Gasteiger partial charge in [0, 0.05) is 23.2 Å². The molecule has 3 heterocycles. The topological polar surface area (TPSA) is 69.4 Å². The lowest BCUT2D eigenvalue weighted by Crippen LogP contribution is -2.23. The minimum absolute atomic E-state index is 0.198. The van der Waals surface area contributed by atoms with Crippen LogP contribution in [-0.2, 0) is 17.6 Å². The third-order valence-electron chi connectivity index (χ3n) is 5.56. The van der Waals surface area contributed by atoms with Crippen molar-refractivity contribution in [3.8, 4) is 5.75 Å². The van der Waals surface area contributed by atoms with E-state index in [0.717, 1.165) is 40.5 Å². The van der Waals surface area contributed by atoms with Crippen LogP contribution in [0.5, 0.6) is 5.75 Å². The Labute approximate surface area is 159 Å². The van der Waals surface area contributed by atoms with Crippen molar-refractivity contribution < 1.29 is 13.9 Å². The van der Waals surface area contributed by atoms with Crippen molar-refractivity contribution in [1.82, 2.24) is 4.98 Å². The number of ether oxygens (including phenoxy) is 1. The molecule has 1 aromatic carbocycles. The molecule has 0 N–H and O–H groups in total. The number of carbonyl (C=O) groups excluding carboxylic acids is 1. The first-order valence-corrected chi connectivity index (χ1v) is 9.35. The first-order chi connectivity index (χ1) is 13.0. The van der Waals surface area contributed by atoms with Gasteiger partial charge in [0.25, 0.3) is 0 Å². The van der Waals surface area contributed by atoms with Crippen LogP contribution in [0.1, 0.15) is 46.6 Å². The van der Waals surface area contributed by atoms with E-state index in [4.69, 9.17) is 20.8 Å². The molecule has 1 atom stereocenters. The Morgan fingerprint density at radius 1 is 1.22 bits per heavy atom. The number of esters is 1. The summed E-state index contributed by atoms with van der Waals surface area (Å²) < 4.78 is 11.3. The minimum atomic E-state index is -0.322. The molecule has 1 aliphatic carbocycles. The summed E-state index contributed by atoms with van der Waals surface area (Å²) in [5.41, 5.74) is 4.45. The molecule has 0 saturated carbocycles. The summed E-state index contributed by atoms with van der Waals surface area (Å²) in [5.74, 6) is -0.0545. The number of fused-ring (bicyclic) bond motifs is 5. The number of pyridine rings is 1. The molecule has 3 aromatic rings. The lowest BCUT2D eigenvalue weighted by atomic mass is 9.83. The molecule has 136 valence electrons. The highest BCUT2D eigenvalue weighted by Gasteiger charge is 2.35. The van der Waals surface area contributed by atoms with E-state index in [-0.39, 0.29) is 23.9 Å². The zero-order chi connectivity index (χ0) is 18.7. The lowest BCUT2D eigenvalue weighted by Gasteiger charge is -2.28. The number of benzene rings is 1. The number of aromatic nitrogens is 1. The highest BCUT2D eigenvalue weighted by Crippen LogP contribution is 2.47. The van der Waals surface area contributed by atoms with E-state index in [2.05, 4.69) is 4.98 Å². The lowest BCUT2D eigenvalue weighted by molar-refractivity contribution is -0.135. The molecule has 0 spiro atoms.